The zero-order valence-corrected chi connectivity index (χ0v) is 10.8. The quantitative estimate of drug-likeness (QED) is 0.840. The van der Waals surface area contributed by atoms with Crippen LogP contribution in [-0.4, -0.2) is 33.9 Å². The van der Waals surface area contributed by atoms with Crippen molar-refractivity contribution in [1.29, 1.82) is 0 Å². The number of aromatic nitrogens is 1. The first kappa shape index (κ1) is 13.6. The van der Waals surface area contributed by atoms with Gasteiger partial charge in [-0.15, -0.1) is 11.3 Å². The van der Waals surface area contributed by atoms with Crippen molar-refractivity contribution in [1.82, 2.24) is 9.88 Å². The summed E-state index contributed by atoms with van der Waals surface area (Å²) in [6.07, 6.45) is 0.690. The number of amides is 1. The summed E-state index contributed by atoms with van der Waals surface area (Å²) in [7, 11) is 1.71. The van der Waals surface area contributed by atoms with Crippen molar-refractivity contribution < 1.29 is 14.7 Å². The first-order chi connectivity index (χ1) is 7.99. The lowest BCUT2D eigenvalue weighted by molar-refractivity contribution is -0.137. The predicted molar refractivity (Wildman–Crippen MR) is 64.8 cm³/mol. The number of carbonyl (C=O) groups excluding carboxylic acids is 1. The van der Waals surface area contributed by atoms with Gasteiger partial charge in [0.15, 0.2) is 0 Å². The molecule has 17 heavy (non-hydrogen) atoms. The molecule has 0 bridgehead atoms. The van der Waals surface area contributed by atoms with Gasteiger partial charge in [0.05, 0.1) is 17.2 Å². The molecule has 5 nitrogen and oxygen atoms in total. The fourth-order valence-corrected chi connectivity index (χ4v) is 2.00. The molecule has 0 aliphatic carbocycles. The van der Waals surface area contributed by atoms with E-state index in [9.17, 15) is 9.59 Å². The summed E-state index contributed by atoms with van der Waals surface area (Å²) in [5.41, 5.74) is 0.876. The number of rotatable bonds is 6. The fraction of sp³-hybridized carbons (Fsp3) is 0.545. The van der Waals surface area contributed by atoms with Gasteiger partial charge in [-0.3, -0.25) is 9.59 Å². The highest BCUT2D eigenvalue weighted by atomic mass is 32.1. The minimum absolute atomic E-state index is 0.0371. The lowest BCUT2D eigenvalue weighted by Crippen LogP contribution is -2.26. The Balaban J connectivity index is 2.34. The molecule has 0 aliphatic rings. The van der Waals surface area contributed by atoms with E-state index in [-0.39, 0.29) is 18.7 Å². The van der Waals surface area contributed by atoms with Gasteiger partial charge in [0.1, 0.15) is 0 Å². The zero-order valence-electron chi connectivity index (χ0n) is 9.97. The van der Waals surface area contributed by atoms with Crippen LogP contribution in [0.1, 0.15) is 30.0 Å². The second kappa shape index (κ2) is 6.34. The maximum absolute atomic E-state index is 11.6. The molecule has 1 N–H and O–H groups in total. The lowest BCUT2D eigenvalue weighted by Gasteiger charge is -2.15. The van der Waals surface area contributed by atoms with Crippen molar-refractivity contribution in [3.05, 3.63) is 16.1 Å². The van der Waals surface area contributed by atoms with E-state index in [1.54, 1.807) is 23.3 Å². The van der Waals surface area contributed by atoms with E-state index in [1.807, 2.05) is 12.3 Å². The zero-order chi connectivity index (χ0) is 12.8. The second-order valence-electron chi connectivity index (χ2n) is 3.85. The third-order valence-corrected chi connectivity index (χ3v) is 3.10. The summed E-state index contributed by atoms with van der Waals surface area (Å²) < 4.78 is 0. The van der Waals surface area contributed by atoms with Crippen molar-refractivity contribution in [2.75, 3.05) is 7.05 Å². The topological polar surface area (TPSA) is 70.5 Å². The molecular weight excluding hydrogens is 240 g/mol. The smallest absolute Gasteiger partial charge is 0.303 e. The van der Waals surface area contributed by atoms with Gasteiger partial charge >= 0.3 is 5.97 Å². The summed E-state index contributed by atoms with van der Waals surface area (Å²) in [5, 5.41) is 11.4. The molecule has 0 aromatic carbocycles. The molecular formula is C11H16N2O3S. The van der Waals surface area contributed by atoms with Crippen LogP contribution in [0.15, 0.2) is 5.38 Å². The normalized spacial score (nSPS) is 10.2. The number of hydrogen-bond acceptors (Lipinski definition) is 4. The van der Waals surface area contributed by atoms with Crippen molar-refractivity contribution >= 4 is 23.2 Å². The highest BCUT2D eigenvalue weighted by Crippen LogP contribution is 2.10. The van der Waals surface area contributed by atoms with Gasteiger partial charge in [-0.05, 0) is 13.3 Å². The van der Waals surface area contributed by atoms with Crippen molar-refractivity contribution in [2.24, 2.45) is 0 Å². The Morgan fingerprint density at radius 3 is 2.71 bits per heavy atom. The van der Waals surface area contributed by atoms with Gasteiger partial charge in [0.25, 0.3) is 0 Å². The molecule has 0 unspecified atom stereocenters. The summed E-state index contributed by atoms with van der Waals surface area (Å²) in [6, 6.07) is 0. The summed E-state index contributed by atoms with van der Waals surface area (Å²) in [6.45, 7) is 2.40. The molecule has 1 aromatic heterocycles. The number of thiazole rings is 1. The molecule has 1 heterocycles. The van der Waals surface area contributed by atoms with Gasteiger partial charge in [0.2, 0.25) is 5.91 Å². The Morgan fingerprint density at radius 2 is 2.18 bits per heavy atom. The van der Waals surface area contributed by atoms with Crippen molar-refractivity contribution in [3.63, 3.8) is 0 Å². The highest BCUT2D eigenvalue weighted by molar-refractivity contribution is 7.09. The number of aryl methyl sites for hydroxylation is 1. The molecule has 94 valence electrons. The fourth-order valence-electron chi connectivity index (χ4n) is 1.39. The number of carboxylic acids is 1. The number of carbonyl (C=O) groups is 2. The number of aliphatic carboxylic acids is 1. The van der Waals surface area contributed by atoms with Crippen molar-refractivity contribution in [2.45, 2.75) is 32.7 Å². The number of nitrogens with zero attached hydrogens (tertiary/aromatic N) is 2. The lowest BCUT2D eigenvalue weighted by atomic mass is 10.2. The molecule has 1 rings (SSSR count). The molecule has 0 saturated carbocycles. The van der Waals surface area contributed by atoms with Crippen LogP contribution in [-0.2, 0) is 16.1 Å². The van der Waals surface area contributed by atoms with Gasteiger partial charge < -0.3 is 10.0 Å². The van der Waals surface area contributed by atoms with Gasteiger partial charge in [-0.25, -0.2) is 4.98 Å². The van der Waals surface area contributed by atoms with Gasteiger partial charge in [-0.1, -0.05) is 0 Å². The van der Waals surface area contributed by atoms with E-state index in [4.69, 9.17) is 5.11 Å². The van der Waals surface area contributed by atoms with Crippen LogP contribution in [0.4, 0.5) is 0 Å². The largest absolute Gasteiger partial charge is 0.481 e. The average Bonchev–Trinajstić information content (AvgIpc) is 2.63. The van der Waals surface area contributed by atoms with Crippen molar-refractivity contribution in [3.8, 4) is 0 Å². The Labute approximate surface area is 104 Å². The van der Waals surface area contributed by atoms with Crippen LogP contribution in [0.2, 0.25) is 0 Å². The van der Waals surface area contributed by atoms with Crippen LogP contribution in [0, 0.1) is 6.92 Å². The molecule has 6 heteroatoms. The van der Waals surface area contributed by atoms with Crippen LogP contribution >= 0.6 is 11.3 Å². The van der Waals surface area contributed by atoms with Crippen LogP contribution < -0.4 is 0 Å². The second-order valence-corrected chi connectivity index (χ2v) is 4.92. The maximum atomic E-state index is 11.6. The van der Waals surface area contributed by atoms with Crippen LogP contribution in [0.25, 0.3) is 0 Å². The molecule has 0 atom stereocenters. The third kappa shape index (κ3) is 4.95. The number of carboxylic acid groups (broad SMARTS) is 1. The molecule has 1 aromatic rings. The Morgan fingerprint density at radius 1 is 1.47 bits per heavy atom. The van der Waals surface area contributed by atoms with Crippen LogP contribution in [0.5, 0.6) is 0 Å². The minimum atomic E-state index is -0.865. The molecule has 1 amide bonds. The van der Waals surface area contributed by atoms with E-state index in [0.717, 1.165) is 10.7 Å². The van der Waals surface area contributed by atoms with E-state index < -0.39 is 5.97 Å². The maximum Gasteiger partial charge on any atom is 0.303 e. The first-order valence-corrected chi connectivity index (χ1v) is 6.23. The van der Waals surface area contributed by atoms with E-state index >= 15 is 0 Å². The Hall–Kier alpha value is -1.43. The minimum Gasteiger partial charge on any atom is -0.481 e. The Bertz CT molecular complexity index is 403. The van der Waals surface area contributed by atoms with Gasteiger partial charge in [-0.2, -0.15) is 0 Å². The molecule has 0 fully saturated rings. The molecule has 0 radical (unpaired) electrons. The number of hydrogen-bond donors (Lipinski definition) is 1. The first-order valence-electron chi connectivity index (χ1n) is 5.36. The van der Waals surface area contributed by atoms with Gasteiger partial charge in [0, 0.05) is 25.3 Å². The monoisotopic (exact) mass is 256 g/mol. The van der Waals surface area contributed by atoms with E-state index in [2.05, 4.69) is 4.98 Å². The average molecular weight is 256 g/mol. The molecule has 0 aliphatic heterocycles. The van der Waals surface area contributed by atoms with E-state index in [1.165, 1.54) is 0 Å². The predicted octanol–water partition coefficient (Wildman–Crippen LogP) is 1.66. The summed E-state index contributed by atoms with van der Waals surface area (Å²) in [4.78, 5) is 27.8. The third-order valence-electron chi connectivity index (χ3n) is 2.27. The SMILES string of the molecule is Cc1nc(CN(C)C(=O)CCCC(=O)O)cs1. The van der Waals surface area contributed by atoms with Crippen LogP contribution in [0.3, 0.4) is 0 Å². The standard InChI is InChI=1S/C11H16N2O3S/c1-8-12-9(7-17-8)6-13(2)10(14)4-3-5-11(15)16/h7H,3-6H2,1-2H3,(H,15,16). The highest BCUT2D eigenvalue weighted by Gasteiger charge is 2.11. The Kier molecular flexibility index (Phi) is 5.09. The summed E-state index contributed by atoms with van der Waals surface area (Å²) >= 11 is 1.55. The molecule has 0 saturated heterocycles. The van der Waals surface area contributed by atoms with E-state index in [0.29, 0.717) is 13.0 Å². The molecule has 0 spiro atoms. The summed E-state index contributed by atoms with van der Waals surface area (Å²) in [5.74, 6) is -0.910.